The molecule has 0 aliphatic heterocycles. The number of nitrogens with two attached hydrogens (primary N) is 1. The number of hydrogen-bond donors (Lipinski definition) is 2. The van der Waals surface area contributed by atoms with Gasteiger partial charge in [-0.15, -0.1) is 0 Å². The van der Waals surface area contributed by atoms with Crippen molar-refractivity contribution in [1.29, 1.82) is 0 Å². The maximum absolute atomic E-state index is 12.2. The number of hydrogen-bond acceptors (Lipinski definition) is 3. The number of amides is 1. The van der Waals surface area contributed by atoms with Gasteiger partial charge in [-0.25, -0.2) is 0 Å². The number of carbonyl (C=O) groups is 1. The molecule has 2 rings (SSSR count). The SMILES string of the molecule is CC1CCCC(S(=O)CC(=O)Nc2ccc(N)cc2)C1. The van der Waals surface area contributed by atoms with Crippen LogP contribution in [-0.2, 0) is 15.6 Å². The minimum atomic E-state index is -1.07. The van der Waals surface area contributed by atoms with Crippen molar-refractivity contribution in [3.05, 3.63) is 24.3 Å². The highest BCUT2D eigenvalue weighted by atomic mass is 32.2. The molecule has 4 nitrogen and oxygen atoms in total. The summed E-state index contributed by atoms with van der Waals surface area (Å²) in [7, 11) is -1.07. The van der Waals surface area contributed by atoms with Crippen molar-refractivity contribution in [2.24, 2.45) is 5.92 Å². The van der Waals surface area contributed by atoms with Crippen molar-refractivity contribution in [2.45, 2.75) is 37.9 Å². The molecular weight excluding hydrogens is 272 g/mol. The minimum Gasteiger partial charge on any atom is -0.399 e. The maximum atomic E-state index is 12.2. The van der Waals surface area contributed by atoms with E-state index in [1.165, 1.54) is 6.42 Å². The van der Waals surface area contributed by atoms with Crippen LogP contribution in [0.2, 0.25) is 0 Å². The van der Waals surface area contributed by atoms with Crippen molar-refractivity contribution in [3.8, 4) is 0 Å². The standard InChI is InChI=1S/C15H22N2O2S/c1-11-3-2-4-14(9-11)20(19)10-15(18)17-13-7-5-12(16)6-8-13/h5-8,11,14H,2-4,9-10,16H2,1H3,(H,17,18). The van der Waals surface area contributed by atoms with Gasteiger partial charge in [0, 0.05) is 27.4 Å². The first-order valence-corrected chi connectivity index (χ1v) is 8.45. The summed E-state index contributed by atoms with van der Waals surface area (Å²) < 4.78 is 12.2. The van der Waals surface area contributed by atoms with Crippen molar-refractivity contribution in [1.82, 2.24) is 0 Å². The molecule has 0 heterocycles. The number of anilines is 2. The molecular formula is C15H22N2O2S. The first-order chi connectivity index (χ1) is 9.54. The number of nitrogens with one attached hydrogen (secondary N) is 1. The Morgan fingerprint density at radius 3 is 2.70 bits per heavy atom. The van der Waals surface area contributed by atoms with E-state index in [0.717, 1.165) is 19.3 Å². The number of benzene rings is 1. The molecule has 0 spiro atoms. The van der Waals surface area contributed by atoms with Gasteiger partial charge in [-0.2, -0.15) is 0 Å². The zero-order valence-electron chi connectivity index (χ0n) is 11.8. The topological polar surface area (TPSA) is 72.2 Å². The highest BCUT2D eigenvalue weighted by Gasteiger charge is 2.25. The van der Waals surface area contributed by atoms with Gasteiger partial charge >= 0.3 is 0 Å². The highest BCUT2D eigenvalue weighted by molar-refractivity contribution is 7.86. The summed E-state index contributed by atoms with van der Waals surface area (Å²) in [5.74, 6) is 0.520. The average molecular weight is 294 g/mol. The van der Waals surface area contributed by atoms with E-state index in [2.05, 4.69) is 12.2 Å². The van der Waals surface area contributed by atoms with Crippen molar-refractivity contribution in [3.63, 3.8) is 0 Å². The summed E-state index contributed by atoms with van der Waals surface area (Å²) in [6.07, 6.45) is 4.29. The molecule has 0 saturated heterocycles. The third-order valence-corrected chi connectivity index (χ3v) is 5.45. The fourth-order valence-electron chi connectivity index (χ4n) is 2.63. The van der Waals surface area contributed by atoms with Gasteiger partial charge in [0.2, 0.25) is 5.91 Å². The van der Waals surface area contributed by atoms with Gasteiger partial charge in [-0.3, -0.25) is 9.00 Å². The summed E-state index contributed by atoms with van der Waals surface area (Å²) in [5, 5.41) is 2.94. The Morgan fingerprint density at radius 2 is 2.05 bits per heavy atom. The molecule has 1 aromatic rings. The predicted octanol–water partition coefficient (Wildman–Crippen LogP) is 2.53. The van der Waals surface area contributed by atoms with E-state index >= 15 is 0 Å². The van der Waals surface area contributed by atoms with E-state index < -0.39 is 10.8 Å². The van der Waals surface area contributed by atoms with Gasteiger partial charge < -0.3 is 11.1 Å². The molecule has 20 heavy (non-hydrogen) atoms. The zero-order valence-corrected chi connectivity index (χ0v) is 12.6. The van der Waals surface area contributed by atoms with Gasteiger partial charge in [-0.1, -0.05) is 19.8 Å². The summed E-state index contributed by atoms with van der Waals surface area (Å²) in [5.41, 5.74) is 6.94. The molecule has 1 aliphatic rings. The summed E-state index contributed by atoms with van der Waals surface area (Å²) in [6, 6.07) is 6.96. The minimum absolute atomic E-state index is 0.0851. The van der Waals surface area contributed by atoms with Crippen LogP contribution in [-0.4, -0.2) is 21.1 Å². The molecule has 1 aliphatic carbocycles. The summed E-state index contributed by atoms with van der Waals surface area (Å²) in [6.45, 7) is 2.19. The monoisotopic (exact) mass is 294 g/mol. The lowest BCUT2D eigenvalue weighted by atomic mass is 9.91. The Bertz CT molecular complexity index is 487. The van der Waals surface area contributed by atoms with Gasteiger partial charge in [0.05, 0.1) is 0 Å². The second-order valence-corrected chi connectivity index (χ2v) is 7.31. The first kappa shape index (κ1) is 15.0. The van der Waals surface area contributed by atoms with Gasteiger partial charge in [0.25, 0.3) is 0 Å². The van der Waals surface area contributed by atoms with Gasteiger partial charge in [0.1, 0.15) is 5.75 Å². The Labute approximate surface area is 122 Å². The van der Waals surface area contributed by atoms with Gasteiger partial charge in [-0.05, 0) is 43.0 Å². The van der Waals surface area contributed by atoms with Crippen LogP contribution in [0.15, 0.2) is 24.3 Å². The summed E-state index contributed by atoms with van der Waals surface area (Å²) >= 11 is 0. The summed E-state index contributed by atoms with van der Waals surface area (Å²) in [4.78, 5) is 11.9. The second kappa shape index (κ2) is 6.88. The molecule has 3 N–H and O–H groups in total. The average Bonchev–Trinajstić information content (AvgIpc) is 2.41. The van der Waals surface area contributed by atoms with Crippen molar-refractivity contribution in [2.75, 3.05) is 16.8 Å². The van der Waals surface area contributed by atoms with Crippen LogP contribution < -0.4 is 11.1 Å². The highest BCUT2D eigenvalue weighted by Crippen LogP contribution is 2.27. The molecule has 1 amide bonds. The van der Waals surface area contributed by atoms with E-state index in [-0.39, 0.29) is 16.9 Å². The smallest absolute Gasteiger partial charge is 0.237 e. The molecule has 0 bridgehead atoms. The zero-order chi connectivity index (χ0) is 14.5. The molecule has 1 fully saturated rings. The molecule has 3 unspecified atom stereocenters. The predicted molar refractivity (Wildman–Crippen MR) is 83.9 cm³/mol. The van der Waals surface area contributed by atoms with E-state index in [9.17, 15) is 9.00 Å². The number of nitrogen functional groups attached to an aromatic ring is 1. The van der Waals surface area contributed by atoms with Crippen LogP contribution in [0.25, 0.3) is 0 Å². The van der Waals surface area contributed by atoms with E-state index in [1.54, 1.807) is 24.3 Å². The Morgan fingerprint density at radius 1 is 1.35 bits per heavy atom. The number of rotatable bonds is 4. The van der Waals surface area contributed by atoms with Crippen LogP contribution in [0, 0.1) is 5.92 Å². The van der Waals surface area contributed by atoms with Crippen LogP contribution >= 0.6 is 0 Å². The fourth-order valence-corrected chi connectivity index (χ4v) is 4.17. The third kappa shape index (κ3) is 4.34. The third-order valence-electron chi connectivity index (χ3n) is 3.73. The Hall–Kier alpha value is -1.36. The molecule has 1 saturated carbocycles. The molecule has 0 aromatic heterocycles. The molecule has 0 radical (unpaired) electrons. The lowest BCUT2D eigenvalue weighted by molar-refractivity contribution is -0.113. The largest absolute Gasteiger partial charge is 0.399 e. The molecule has 110 valence electrons. The lowest BCUT2D eigenvalue weighted by Gasteiger charge is -2.25. The van der Waals surface area contributed by atoms with Crippen LogP contribution in [0.4, 0.5) is 11.4 Å². The van der Waals surface area contributed by atoms with E-state index in [0.29, 0.717) is 17.3 Å². The normalized spacial score (nSPS) is 24.1. The lowest BCUT2D eigenvalue weighted by Crippen LogP contribution is -2.29. The van der Waals surface area contributed by atoms with Crippen LogP contribution in [0.5, 0.6) is 0 Å². The van der Waals surface area contributed by atoms with Gasteiger partial charge in [0.15, 0.2) is 0 Å². The second-order valence-electron chi connectivity index (χ2n) is 5.59. The Kier molecular flexibility index (Phi) is 5.17. The quantitative estimate of drug-likeness (QED) is 0.838. The van der Waals surface area contributed by atoms with E-state index in [1.807, 2.05) is 0 Å². The van der Waals surface area contributed by atoms with Crippen LogP contribution in [0.1, 0.15) is 32.6 Å². The van der Waals surface area contributed by atoms with Crippen molar-refractivity contribution < 1.29 is 9.00 Å². The number of carbonyl (C=O) groups excluding carboxylic acids is 1. The molecule has 1 aromatic carbocycles. The van der Waals surface area contributed by atoms with Crippen molar-refractivity contribution >= 4 is 28.1 Å². The van der Waals surface area contributed by atoms with E-state index in [4.69, 9.17) is 5.73 Å². The van der Waals surface area contributed by atoms with Crippen LogP contribution in [0.3, 0.4) is 0 Å². The maximum Gasteiger partial charge on any atom is 0.237 e. The molecule has 5 heteroatoms. The fraction of sp³-hybridized carbons (Fsp3) is 0.533. The first-order valence-electron chi connectivity index (χ1n) is 7.07. The Balaban J connectivity index is 1.84. The molecule has 3 atom stereocenters.